The number of hydrogen-bond acceptors (Lipinski definition) is 3. The van der Waals surface area contributed by atoms with Crippen LogP contribution in [0.15, 0.2) is 0 Å². The Bertz CT molecular complexity index is 137. The van der Waals surface area contributed by atoms with Crippen LogP contribution in [0.4, 0.5) is 0 Å². The Balaban J connectivity index is 2.46. The van der Waals surface area contributed by atoms with Crippen LogP contribution in [0.1, 0.15) is 6.92 Å². The van der Waals surface area contributed by atoms with Crippen LogP contribution < -0.4 is 11.1 Å². The Morgan fingerprint density at radius 3 is 3.00 bits per heavy atom. The quantitative estimate of drug-likeness (QED) is 0.488. The first kappa shape index (κ1) is 7.50. The lowest BCUT2D eigenvalue weighted by Crippen LogP contribution is -2.54. The third-order valence-electron chi connectivity index (χ3n) is 1.64. The molecule has 1 heterocycles. The van der Waals surface area contributed by atoms with E-state index in [1.807, 2.05) is 6.92 Å². The van der Waals surface area contributed by atoms with Crippen LogP contribution in [0.5, 0.6) is 0 Å². The van der Waals surface area contributed by atoms with Gasteiger partial charge in [0.1, 0.15) is 6.61 Å². The normalized spacial score (nSPS) is 33.6. The highest BCUT2D eigenvalue weighted by Gasteiger charge is 2.28. The number of rotatable bonds is 1. The fourth-order valence-corrected chi connectivity index (χ4v) is 0.758. The number of nitrogens with two attached hydrogens (primary N) is 1. The minimum atomic E-state index is -0.353. The van der Waals surface area contributed by atoms with Crippen LogP contribution in [0, 0.1) is 0 Å². The van der Waals surface area contributed by atoms with E-state index < -0.39 is 0 Å². The third-order valence-corrected chi connectivity index (χ3v) is 1.64. The highest BCUT2D eigenvalue weighted by atomic mass is 16.5. The number of carbonyl (C=O) groups excluding carboxylic acids is 1. The van der Waals surface area contributed by atoms with Gasteiger partial charge in [-0.05, 0) is 6.92 Å². The average molecular weight is 144 g/mol. The summed E-state index contributed by atoms with van der Waals surface area (Å²) in [6.45, 7) is 2.97. The van der Waals surface area contributed by atoms with Gasteiger partial charge in [-0.2, -0.15) is 0 Å². The molecule has 0 aromatic carbocycles. The van der Waals surface area contributed by atoms with Gasteiger partial charge in [-0.25, -0.2) is 0 Å². The smallest absolute Gasteiger partial charge is 0.246 e. The van der Waals surface area contributed by atoms with Crippen LogP contribution in [-0.2, 0) is 9.53 Å². The Kier molecular flexibility index (Phi) is 1.92. The topological polar surface area (TPSA) is 64.3 Å². The third kappa shape index (κ3) is 1.46. The molecule has 1 fully saturated rings. The monoisotopic (exact) mass is 144 g/mol. The predicted octanol–water partition coefficient (Wildman–Crippen LogP) is -1.15. The zero-order chi connectivity index (χ0) is 7.61. The van der Waals surface area contributed by atoms with E-state index in [1.54, 1.807) is 0 Å². The van der Waals surface area contributed by atoms with E-state index in [1.165, 1.54) is 0 Å². The zero-order valence-corrected chi connectivity index (χ0v) is 6.02. The largest absolute Gasteiger partial charge is 0.362 e. The molecule has 1 rings (SSSR count). The molecule has 4 nitrogen and oxygen atoms in total. The second-order valence-corrected chi connectivity index (χ2v) is 2.72. The van der Waals surface area contributed by atoms with Crippen molar-refractivity contribution >= 4 is 5.91 Å². The predicted molar refractivity (Wildman–Crippen MR) is 36.4 cm³/mol. The summed E-state index contributed by atoms with van der Waals surface area (Å²) in [5, 5.41) is 2.68. The van der Waals surface area contributed by atoms with Crippen molar-refractivity contribution < 1.29 is 9.53 Å². The highest BCUT2D eigenvalue weighted by Crippen LogP contribution is 2.09. The maximum absolute atomic E-state index is 10.6. The van der Waals surface area contributed by atoms with Crippen molar-refractivity contribution in [2.45, 2.75) is 12.5 Å². The molecule has 0 radical (unpaired) electrons. The van der Waals surface area contributed by atoms with Crippen LogP contribution >= 0.6 is 0 Å². The van der Waals surface area contributed by atoms with E-state index in [0.717, 1.165) is 0 Å². The first-order chi connectivity index (χ1) is 4.66. The molecule has 0 bridgehead atoms. The van der Waals surface area contributed by atoms with Crippen molar-refractivity contribution in [2.24, 2.45) is 5.73 Å². The Morgan fingerprint density at radius 2 is 2.60 bits per heavy atom. The molecule has 0 spiro atoms. The van der Waals surface area contributed by atoms with Gasteiger partial charge in [0, 0.05) is 13.1 Å². The molecule has 1 atom stereocenters. The summed E-state index contributed by atoms with van der Waals surface area (Å²) in [6, 6.07) is 0. The van der Waals surface area contributed by atoms with Gasteiger partial charge in [-0.1, -0.05) is 0 Å². The summed E-state index contributed by atoms with van der Waals surface area (Å²) >= 11 is 0. The van der Waals surface area contributed by atoms with Crippen LogP contribution in [0.3, 0.4) is 0 Å². The lowest BCUT2D eigenvalue weighted by molar-refractivity contribution is -0.140. The van der Waals surface area contributed by atoms with Crippen molar-refractivity contribution in [1.29, 1.82) is 0 Å². The van der Waals surface area contributed by atoms with Gasteiger partial charge in [-0.3, -0.25) is 4.79 Å². The molecule has 1 unspecified atom stereocenters. The van der Waals surface area contributed by atoms with Gasteiger partial charge >= 0.3 is 0 Å². The van der Waals surface area contributed by atoms with Crippen molar-refractivity contribution in [1.82, 2.24) is 5.32 Å². The Morgan fingerprint density at radius 1 is 1.90 bits per heavy atom. The molecule has 3 N–H and O–H groups in total. The summed E-state index contributed by atoms with van der Waals surface area (Å²) in [7, 11) is 0. The van der Waals surface area contributed by atoms with Gasteiger partial charge < -0.3 is 15.8 Å². The summed E-state index contributed by atoms with van der Waals surface area (Å²) in [5.41, 5.74) is 5.05. The minimum Gasteiger partial charge on any atom is -0.362 e. The summed E-state index contributed by atoms with van der Waals surface area (Å²) in [6.07, 6.45) is 0. The van der Waals surface area contributed by atoms with E-state index >= 15 is 0 Å². The fourth-order valence-electron chi connectivity index (χ4n) is 0.758. The zero-order valence-electron chi connectivity index (χ0n) is 6.02. The lowest BCUT2D eigenvalue weighted by Gasteiger charge is -2.32. The number of ether oxygens (including phenoxy) is 1. The van der Waals surface area contributed by atoms with Crippen molar-refractivity contribution in [3.63, 3.8) is 0 Å². The number of hydrogen-bond donors (Lipinski definition) is 2. The number of nitrogens with one attached hydrogen (secondary N) is 1. The molecule has 1 aliphatic heterocycles. The van der Waals surface area contributed by atoms with E-state index in [0.29, 0.717) is 13.1 Å². The molecule has 0 aromatic heterocycles. The van der Waals surface area contributed by atoms with E-state index in [2.05, 4.69) is 5.32 Å². The molecule has 1 amide bonds. The van der Waals surface area contributed by atoms with Crippen LogP contribution in [-0.4, -0.2) is 31.2 Å². The lowest BCUT2D eigenvalue weighted by atomic mass is 10.1. The van der Waals surface area contributed by atoms with Gasteiger partial charge in [-0.15, -0.1) is 0 Å². The van der Waals surface area contributed by atoms with Gasteiger partial charge in [0.15, 0.2) is 0 Å². The van der Waals surface area contributed by atoms with E-state index in [4.69, 9.17) is 10.5 Å². The minimum absolute atomic E-state index is 0.0640. The van der Waals surface area contributed by atoms with Crippen LogP contribution in [0.25, 0.3) is 0 Å². The summed E-state index contributed by atoms with van der Waals surface area (Å²) < 4.78 is 5.19. The second-order valence-electron chi connectivity index (χ2n) is 2.72. The molecule has 4 heteroatoms. The molecule has 0 aromatic rings. The Labute approximate surface area is 59.7 Å². The van der Waals surface area contributed by atoms with Gasteiger partial charge in [0.25, 0.3) is 0 Å². The molecule has 1 aliphatic rings. The van der Waals surface area contributed by atoms with E-state index in [-0.39, 0.29) is 18.1 Å². The molecular formula is C6H12N2O2. The fraction of sp³-hybridized carbons (Fsp3) is 0.833. The number of morpholine rings is 1. The first-order valence-corrected chi connectivity index (χ1v) is 3.27. The highest BCUT2D eigenvalue weighted by molar-refractivity contribution is 5.77. The molecule has 0 aliphatic carbocycles. The molecule has 58 valence electrons. The maximum Gasteiger partial charge on any atom is 0.246 e. The molecule has 0 saturated carbocycles. The van der Waals surface area contributed by atoms with Gasteiger partial charge in [0.05, 0.1) is 5.60 Å². The average Bonchev–Trinajstić information content (AvgIpc) is 1.96. The summed E-state index contributed by atoms with van der Waals surface area (Å²) in [4.78, 5) is 10.6. The number of carbonyl (C=O) groups is 1. The maximum atomic E-state index is 10.6. The first-order valence-electron chi connectivity index (χ1n) is 3.27. The second kappa shape index (κ2) is 2.56. The Hall–Kier alpha value is -0.610. The van der Waals surface area contributed by atoms with Crippen molar-refractivity contribution in [2.75, 3.05) is 19.7 Å². The standard InChI is InChI=1S/C6H12N2O2/c1-6(3-7)4-8-5(9)2-10-6/h2-4,7H2,1H3,(H,8,9). The van der Waals surface area contributed by atoms with Crippen molar-refractivity contribution in [3.05, 3.63) is 0 Å². The molecule has 10 heavy (non-hydrogen) atoms. The van der Waals surface area contributed by atoms with Gasteiger partial charge in [0.2, 0.25) is 5.91 Å². The van der Waals surface area contributed by atoms with Crippen LogP contribution in [0.2, 0.25) is 0 Å². The SMILES string of the molecule is CC1(CN)CNC(=O)CO1. The van der Waals surface area contributed by atoms with E-state index in [9.17, 15) is 4.79 Å². The molecular weight excluding hydrogens is 132 g/mol. The summed E-state index contributed by atoms with van der Waals surface area (Å²) in [5.74, 6) is -0.0640. The molecule has 1 saturated heterocycles. The van der Waals surface area contributed by atoms with Crippen molar-refractivity contribution in [3.8, 4) is 0 Å². The number of amides is 1.